The van der Waals surface area contributed by atoms with Crippen LogP contribution < -0.4 is 4.74 Å². The van der Waals surface area contributed by atoms with Crippen molar-refractivity contribution in [1.82, 2.24) is 0 Å². The summed E-state index contributed by atoms with van der Waals surface area (Å²) >= 11 is 7.03. The average Bonchev–Trinajstić information content (AvgIpc) is 2.66. The predicted octanol–water partition coefficient (Wildman–Crippen LogP) is 6.99. The molecular weight excluding hydrogens is 473 g/mol. The summed E-state index contributed by atoms with van der Waals surface area (Å²) in [6.07, 6.45) is 1.82. The van der Waals surface area contributed by atoms with Crippen LogP contribution in [0.2, 0.25) is 0 Å². The van der Waals surface area contributed by atoms with Crippen LogP contribution in [0.1, 0.15) is 16.7 Å². The van der Waals surface area contributed by atoms with E-state index in [9.17, 15) is 9.65 Å². The number of nitriles is 1. The summed E-state index contributed by atoms with van der Waals surface area (Å²) in [6.45, 7) is 0.248. The molecule has 0 fully saturated rings. The van der Waals surface area contributed by atoms with E-state index in [-0.39, 0.29) is 12.4 Å². The van der Waals surface area contributed by atoms with Crippen LogP contribution in [0.3, 0.4) is 0 Å². The number of hydrogen-bond acceptors (Lipinski definition) is 2. The maximum absolute atomic E-state index is 13.3. The molecule has 5 heteroatoms. The van der Waals surface area contributed by atoms with E-state index in [1.54, 1.807) is 12.1 Å². The van der Waals surface area contributed by atoms with Gasteiger partial charge in [0.05, 0.1) is 20.6 Å². The lowest BCUT2D eigenvalue weighted by molar-refractivity contribution is 0.301. The topological polar surface area (TPSA) is 33.0 Å². The van der Waals surface area contributed by atoms with Crippen molar-refractivity contribution in [1.29, 1.82) is 5.26 Å². The van der Waals surface area contributed by atoms with Gasteiger partial charge in [-0.3, -0.25) is 0 Å². The predicted molar refractivity (Wildman–Crippen MR) is 113 cm³/mol. The molecule has 0 heterocycles. The van der Waals surface area contributed by atoms with Crippen LogP contribution in [0.25, 0.3) is 11.6 Å². The first kappa shape index (κ1) is 19.3. The normalized spacial score (nSPS) is 11.1. The molecule has 0 saturated carbocycles. The van der Waals surface area contributed by atoms with Gasteiger partial charge in [0.2, 0.25) is 0 Å². The van der Waals surface area contributed by atoms with Crippen LogP contribution in [0.4, 0.5) is 4.39 Å². The first-order chi connectivity index (χ1) is 13.1. The summed E-state index contributed by atoms with van der Waals surface area (Å²) in [5.41, 5.74) is 3.03. The van der Waals surface area contributed by atoms with Crippen LogP contribution in [0.15, 0.2) is 75.7 Å². The summed E-state index contributed by atoms with van der Waals surface area (Å²) in [5.74, 6) is 0.328. The van der Waals surface area contributed by atoms with E-state index >= 15 is 0 Å². The van der Waals surface area contributed by atoms with Crippen molar-refractivity contribution in [3.05, 3.63) is 98.2 Å². The molecule has 0 spiro atoms. The lowest BCUT2D eigenvalue weighted by atomic mass is 10.0. The minimum Gasteiger partial charge on any atom is -0.487 e. The minimum absolute atomic E-state index is 0.248. The Bertz CT molecular complexity index is 1000. The Balaban J connectivity index is 1.84. The highest BCUT2D eigenvalue weighted by Gasteiger charge is 2.10. The molecule has 0 aliphatic rings. The molecule has 0 aromatic heterocycles. The van der Waals surface area contributed by atoms with Crippen LogP contribution in [0, 0.1) is 17.1 Å². The summed E-state index contributed by atoms with van der Waals surface area (Å²) in [5, 5.41) is 9.47. The number of ether oxygens (including phenoxy) is 1. The summed E-state index contributed by atoms with van der Waals surface area (Å²) in [6, 6.07) is 21.8. The number of hydrogen-bond donors (Lipinski definition) is 0. The molecule has 3 aromatic rings. The van der Waals surface area contributed by atoms with Gasteiger partial charge in [-0.1, -0.05) is 42.5 Å². The van der Waals surface area contributed by atoms with Gasteiger partial charge in [-0.15, -0.1) is 0 Å². The van der Waals surface area contributed by atoms with E-state index in [2.05, 4.69) is 37.9 Å². The van der Waals surface area contributed by atoms with Crippen LogP contribution >= 0.6 is 31.9 Å². The molecule has 0 radical (unpaired) electrons. The van der Waals surface area contributed by atoms with Gasteiger partial charge in [-0.25, -0.2) is 4.39 Å². The molecule has 0 atom stereocenters. The molecule has 0 aliphatic heterocycles. The van der Waals surface area contributed by atoms with Gasteiger partial charge in [-0.05, 0) is 78.9 Å². The number of allylic oxidation sites excluding steroid dienone is 1. The lowest BCUT2D eigenvalue weighted by Gasteiger charge is -2.12. The van der Waals surface area contributed by atoms with Gasteiger partial charge in [0, 0.05) is 0 Å². The monoisotopic (exact) mass is 485 g/mol. The molecule has 3 aromatic carbocycles. The maximum atomic E-state index is 13.3. The van der Waals surface area contributed by atoms with E-state index in [0.29, 0.717) is 11.3 Å². The smallest absolute Gasteiger partial charge is 0.148 e. The highest BCUT2D eigenvalue weighted by molar-refractivity contribution is 9.11. The Morgan fingerprint density at radius 3 is 2.33 bits per heavy atom. The fourth-order valence-electron chi connectivity index (χ4n) is 2.55. The molecule has 27 heavy (non-hydrogen) atoms. The Morgan fingerprint density at radius 1 is 1.00 bits per heavy atom. The second kappa shape index (κ2) is 8.98. The Hall–Kier alpha value is -2.42. The van der Waals surface area contributed by atoms with E-state index in [1.165, 1.54) is 12.1 Å². The lowest BCUT2D eigenvalue weighted by Crippen LogP contribution is -1.98. The van der Waals surface area contributed by atoms with Crippen LogP contribution in [-0.4, -0.2) is 0 Å². The molecule has 0 saturated heterocycles. The van der Waals surface area contributed by atoms with Crippen molar-refractivity contribution in [3.63, 3.8) is 0 Å². The van der Waals surface area contributed by atoms with Gasteiger partial charge in [0.15, 0.2) is 0 Å². The third-order valence-corrected chi connectivity index (χ3v) is 4.99. The van der Waals surface area contributed by atoms with Crippen molar-refractivity contribution in [3.8, 4) is 11.8 Å². The molecule has 3 rings (SSSR count). The maximum Gasteiger partial charge on any atom is 0.148 e. The zero-order valence-corrected chi connectivity index (χ0v) is 17.3. The standard InChI is InChI=1S/C22H14Br2FNO/c23-20-11-16(9-18(13-26)17-6-2-1-3-7-17)12-21(24)22(20)27-14-15-5-4-8-19(25)10-15/h1-12H,14H2/b18-9+. The average molecular weight is 487 g/mol. The summed E-state index contributed by atoms with van der Waals surface area (Å²) in [4.78, 5) is 0. The molecule has 2 nitrogen and oxygen atoms in total. The van der Waals surface area contributed by atoms with Crippen molar-refractivity contribution >= 4 is 43.5 Å². The van der Waals surface area contributed by atoms with E-state index in [0.717, 1.165) is 25.6 Å². The fraction of sp³-hybridized carbons (Fsp3) is 0.0455. The second-order valence-electron chi connectivity index (χ2n) is 5.77. The van der Waals surface area contributed by atoms with Crippen LogP contribution in [-0.2, 0) is 6.61 Å². The minimum atomic E-state index is -0.292. The van der Waals surface area contributed by atoms with Gasteiger partial charge in [-0.2, -0.15) is 5.26 Å². The third-order valence-electron chi connectivity index (χ3n) is 3.81. The molecule has 0 aliphatic carbocycles. The highest BCUT2D eigenvalue weighted by atomic mass is 79.9. The quantitative estimate of drug-likeness (QED) is 0.287. The van der Waals surface area contributed by atoms with Crippen molar-refractivity contribution in [2.45, 2.75) is 6.61 Å². The Labute approximate surface area is 174 Å². The third kappa shape index (κ3) is 5.06. The zero-order chi connectivity index (χ0) is 19.2. The van der Waals surface area contributed by atoms with Gasteiger partial charge in [0.1, 0.15) is 18.2 Å². The molecule has 0 unspecified atom stereocenters. The molecular formula is C22H14Br2FNO. The summed E-state index contributed by atoms with van der Waals surface area (Å²) < 4.78 is 20.6. The van der Waals surface area contributed by atoms with Gasteiger partial charge >= 0.3 is 0 Å². The Kier molecular flexibility index (Phi) is 6.44. The van der Waals surface area contributed by atoms with Gasteiger partial charge < -0.3 is 4.74 Å². The highest BCUT2D eigenvalue weighted by Crippen LogP contribution is 2.36. The molecule has 0 N–H and O–H groups in total. The number of nitrogens with zero attached hydrogens (tertiary/aromatic N) is 1. The van der Waals surface area contributed by atoms with Crippen molar-refractivity contribution in [2.75, 3.05) is 0 Å². The van der Waals surface area contributed by atoms with Crippen molar-refractivity contribution < 1.29 is 9.13 Å². The fourth-order valence-corrected chi connectivity index (χ4v) is 4.00. The Morgan fingerprint density at radius 2 is 1.70 bits per heavy atom. The molecule has 0 bridgehead atoms. The summed E-state index contributed by atoms with van der Waals surface area (Å²) in [7, 11) is 0. The first-order valence-corrected chi connectivity index (χ1v) is 9.69. The van der Waals surface area contributed by atoms with E-state index in [4.69, 9.17) is 4.74 Å². The largest absolute Gasteiger partial charge is 0.487 e. The first-order valence-electron chi connectivity index (χ1n) is 8.10. The molecule has 0 amide bonds. The zero-order valence-electron chi connectivity index (χ0n) is 14.1. The number of benzene rings is 3. The van der Waals surface area contributed by atoms with E-state index < -0.39 is 0 Å². The second-order valence-corrected chi connectivity index (χ2v) is 7.48. The van der Waals surface area contributed by atoms with Crippen molar-refractivity contribution in [2.24, 2.45) is 0 Å². The van der Waals surface area contributed by atoms with Crippen LogP contribution in [0.5, 0.6) is 5.75 Å². The SMILES string of the molecule is N#C/C(=C\c1cc(Br)c(OCc2cccc(F)c2)c(Br)c1)c1ccccc1. The molecule has 134 valence electrons. The van der Waals surface area contributed by atoms with Gasteiger partial charge in [0.25, 0.3) is 0 Å². The number of rotatable bonds is 5. The van der Waals surface area contributed by atoms with E-state index in [1.807, 2.05) is 48.5 Å². The number of halogens is 3.